The van der Waals surface area contributed by atoms with Crippen LogP contribution in [0.25, 0.3) is 22.2 Å². The fraction of sp³-hybridized carbons (Fsp3) is 0.0909. The van der Waals surface area contributed by atoms with Crippen LogP contribution < -0.4 is 4.90 Å². The van der Waals surface area contributed by atoms with Gasteiger partial charge in [0.05, 0.1) is 11.6 Å². The van der Waals surface area contributed by atoms with E-state index >= 15 is 0 Å². The average Bonchev–Trinajstić information content (AvgIpc) is 3.16. The van der Waals surface area contributed by atoms with Gasteiger partial charge in [0.1, 0.15) is 5.65 Å². The van der Waals surface area contributed by atoms with Crippen molar-refractivity contribution in [3.05, 3.63) is 77.9 Å². The highest BCUT2D eigenvalue weighted by Gasteiger charge is 2.16. The molecule has 6 nitrogen and oxygen atoms in total. The SMILES string of the molecule is CN(C)c1ccc(-c2cnc3[nH]cc(C(=O)c4cccnc4)c3c2)c(C#N)c1. The second-order valence-electron chi connectivity index (χ2n) is 6.63. The first-order chi connectivity index (χ1) is 13.6. The number of aromatic amines is 1. The molecule has 0 amide bonds. The van der Waals surface area contributed by atoms with Crippen LogP contribution >= 0.6 is 0 Å². The van der Waals surface area contributed by atoms with Crippen LogP contribution in [0, 0.1) is 11.3 Å². The zero-order valence-electron chi connectivity index (χ0n) is 15.5. The molecule has 28 heavy (non-hydrogen) atoms. The van der Waals surface area contributed by atoms with Gasteiger partial charge in [-0.05, 0) is 30.3 Å². The predicted octanol–water partition coefficient (Wildman–Crippen LogP) is 3.79. The number of ketones is 1. The fourth-order valence-electron chi connectivity index (χ4n) is 3.15. The Bertz CT molecular complexity index is 1220. The van der Waals surface area contributed by atoms with E-state index in [1.54, 1.807) is 36.9 Å². The number of carbonyl (C=O) groups is 1. The van der Waals surface area contributed by atoms with E-state index < -0.39 is 0 Å². The first-order valence-electron chi connectivity index (χ1n) is 8.72. The van der Waals surface area contributed by atoms with Gasteiger partial charge in [0.25, 0.3) is 0 Å². The first-order valence-corrected chi connectivity index (χ1v) is 8.72. The van der Waals surface area contributed by atoms with Crippen LogP contribution in [0.4, 0.5) is 5.69 Å². The fourth-order valence-corrected chi connectivity index (χ4v) is 3.15. The number of nitrogens with zero attached hydrogens (tertiary/aromatic N) is 4. The van der Waals surface area contributed by atoms with Crippen LogP contribution in [0.15, 0.2) is 61.2 Å². The quantitative estimate of drug-likeness (QED) is 0.555. The number of nitrogens with one attached hydrogen (secondary N) is 1. The van der Waals surface area contributed by atoms with Gasteiger partial charge in [-0.25, -0.2) is 4.98 Å². The Kier molecular flexibility index (Phi) is 4.34. The zero-order valence-corrected chi connectivity index (χ0v) is 15.5. The van der Waals surface area contributed by atoms with E-state index in [1.165, 1.54) is 0 Å². The Labute approximate surface area is 162 Å². The van der Waals surface area contributed by atoms with Gasteiger partial charge in [0.2, 0.25) is 0 Å². The molecule has 4 aromatic rings. The number of nitriles is 1. The summed E-state index contributed by atoms with van der Waals surface area (Å²) in [5, 5.41) is 10.3. The molecule has 0 saturated heterocycles. The Balaban J connectivity index is 1.83. The maximum absolute atomic E-state index is 12.9. The van der Waals surface area contributed by atoms with Crippen molar-refractivity contribution in [3.63, 3.8) is 0 Å². The second kappa shape index (κ2) is 6.97. The number of hydrogen-bond donors (Lipinski definition) is 1. The van der Waals surface area contributed by atoms with Crippen molar-refractivity contribution in [2.75, 3.05) is 19.0 Å². The Hall–Kier alpha value is -3.98. The van der Waals surface area contributed by atoms with E-state index in [0.29, 0.717) is 27.7 Å². The lowest BCUT2D eigenvalue weighted by molar-refractivity contribution is 0.104. The van der Waals surface area contributed by atoms with Crippen molar-refractivity contribution < 1.29 is 4.79 Å². The second-order valence-corrected chi connectivity index (χ2v) is 6.63. The Morgan fingerprint density at radius 1 is 1.18 bits per heavy atom. The van der Waals surface area contributed by atoms with E-state index in [4.69, 9.17) is 0 Å². The lowest BCUT2D eigenvalue weighted by atomic mass is 9.98. The monoisotopic (exact) mass is 367 g/mol. The topological polar surface area (TPSA) is 85.7 Å². The Morgan fingerprint density at radius 2 is 2.04 bits per heavy atom. The minimum absolute atomic E-state index is 0.123. The maximum atomic E-state index is 12.9. The molecule has 6 heteroatoms. The third-order valence-corrected chi connectivity index (χ3v) is 4.65. The molecule has 1 N–H and O–H groups in total. The van der Waals surface area contributed by atoms with Crippen molar-refractivity contribution in [1.82, 2.24) is 15.0 Å². The molecular formula is C22H17N5O. The molecule has 0 saturated carbocycles. The molecule has 1 aromatic carbocycles. The van der Waals surface area contributed by atoms with Crippen molar-refractivity contribution in [1.29, 1.82) is 5.26 Å². The van der Waals surface area contributed by atoms with Crippen LogP contribution in [0.3, 0.4) is 0 Å². The largest absolute Gasteiger partial charge is 0.378 e. The lowest BCUT2D eigenvalue weighted by Gasteiger charge is -2.14. The molecule has 0 radical (unpaired) electrons. The lowest BCUT2D eigenvalue weighted by Crippen LogP contribution is -2.08. The van der Waals surface area contributed by atoms with Gasteiger partial charge in [0.15, 0.2) is 5.78 Å². The summed E-state index contributed by atoms with van der Waals surface area (Å²) in [7, 11) is 3.86. The summed E-state index contributed by atoms with van der Waals surface area (Å²) < 4.78 is 0. The number of hydrogen-bond acceptors (Lipinski definition) is 5. The molecule has 0 unspecified atom stereocenters. The summed E-state index contributed by atoms with van der Waals surface area (Å²) in [6, 6.07) is 13.3. The number of fused-ring (bicyclic) bond motifs is 1. The number of rotatable bonds is 4. The average molecular weight is 367 g/mol. The predicted molar refractivity (Wildman–Crippen MR) is 108 cm³/mol. The van der Waals surface area contributed by atoms with E-state index in [0.717, 1.165) is 16.8 Å². The molecule has 0 atom stereocenters. The molecule has 4 rings (SSSR count). The Morgan fingerprint density at radius 3 is 2.75 bits per heavy atom. The molecule has 0 spiro atoms. The molecule has 0 aliphatic heterocycles. The van der Waals surface area contributed by atoms with Crippen LogP contribution in [0.1, 0.15) is 21.5 Å². The van der Waals surface area contributed by atoms with Gasteiger partial charge in [-0.15, -0.1) is 0 Å². The number of H-pyrrole nitrogens is 1. The minimum Gasteiger partial charge on any atom is -0.378 e. The maximum Gasteiger partial charge on any atom is 0.196 e. The molecule has 0 fully saturated rings. The standard InChI is InChI=1S/C22H17N5O/c1-27(2)17-5-6-18(15(8-17)10-23)16-9-19-20(13-26-22(19)25-12-16)21(28)14-4-3-7-24-11-14/h3-9,11-13H,1-2H3,(H,25,26). The van der Waals surface area contributed by atoms with Gasteiger partial charge < -0.3 is 9.88 Å². The summed E-state index contributed by atoms with van der Waals surface area (Å²) in [4.78, 5) is 26.3. The molecule has 3 aromatic heterocycles. The van der Waals surface area contributed by atoms with Crippen LogP contribution in [0.5, 0.6) is 0 Å². The molecule has 0 aliphatic carbocycles. The van der Waals surface area contributed by atoms with Crippen LogP contribution in [0.2, 0.25) is 0 Å². The van der Waals surface area contributed by atoms with Gasteiger partial charge in [-0.1, -0.05) is 6.07 Å². The summed E-state index contributed by atoms with van der Waals surface area (Å²) in [6.07, 6.45) is 6.55. The van der Waals surface area contributed by atoms with Gasteiger partial charge in [0, 0.05) is 72.2 Å². The third kappa shape index (κ3) is 2.99. The van der Waals surface area contributed by atoms with E-state index in [1.807, 2.05) is 43.3 Å². The van der Waals surface area contributed by atoms with Crippen molar-refractivity contribution >= 4 is 22.5 Å². The number of pyridine rings is 2. The van der Waals surface area contributed by atoms with Crippen LogP contribution in [-0.4, -0.2) is 34.8 Å². The van der Waals surface area contributed by atoms with Gasteiger partial charge in [-0.3, -0.25) is 9.78 Å². The summed E-state index contributed by atoms with van der Waals surface area (Å²) in [6.45, 7) is 0. The summed E-state index contributed by atoms with van der Waals surface area (Å²) >= 11 is 0. The van der Waals surface area contributed by atoms with E-state index in [2.05, 4.69) is 21.0 Å². The first kappa shape index (κ1) is 17.4. The molecule has 3 heterocycles. The van der Waals surface area contributed by atoms with Gasteiger partial charge >= 0.3 is 0 Å². The molecular weight excluding hydrogens is 350 g/mol. The van der Waals surface area contributed by atoms with Crippen LogP contribution in [-0.2, 0) is 0 Å². The highest BCUT2D eigenvalue weighted by Crippen LogP contribution is 2.30. The molecule has 136 valence electrons. The van der Waals surface area contributed by atoms with E-state index in [-0.39, 0.29) is 5.78 Å². The smallest absolute Gasteiger partial charge is 0.196 e. The highest BCUT2D eigenvalue weighted by atomic mass is 16.1. The number of anilines is 1. The number of aromatic nitrogens is 3. The van der Waals surface area contributed by atoms with Crippen molar-refractivity contribution in [2.24, 2.45) is 0 Å². The third-order valence-electron chi connectivity index (χ3n) is 4.65. The zero-order chi connectivity index (χ0) is 19.7. The van der Waals surface area contributed by atoms with Gasteiger partial charge in [-0.2, -0.15) is 5.26 Å². The number of carbonyl (C=O) groups excluding carboxylic acids is 1. The minimum atomic E-state index is -0.123. The van der Waals surface area contributed by atoms with Crippen molar-refractivity contribution in [2.45, 2.75) is 0 Å². The molecule has 0 bridgehead atoms. The normalized spacial score (nSPS) is 10.6. The highest BCUT2D eigenvalue weighted by molar-refractivity contribution is 6.16. The number of benzene rings is 1. The van der Waals surface area contributed by atoms with E-state index in [9.17, 15) is 10.1 Å². The summed E-state index contributed by atoms with van der Waals surface area (Å²) in [5.41, 5.74) is 4.74. The molecule has 0 aliphatic rings. The summed E-state index contributed by atoms with van der Waals surface area (Å²) in [5.74, 6) is -0.123. The van der Waals surface area contributed by atoms with Crippen molar-refractivity contribution in [3.8, 4) is 17.2 Å².